The highest BCUT2D eigenvalue weighted by molar-refractivity contribution is 6.01. The molecule has 4 aromatic rings. The minimum Gasteiger partial charge on any atom is -0.461 e. The van der Waals surface area contributed by atoms with Crippen LogP contribution in [0.2, 0.25) is 0 Å². The zero-order valence-electron chi connectivity index (χ0n) is 26.5. The molecule has 7 heterocycles. The van der Waals surface area contributed by atoms with E-state index in [9.17, 15) is 4.79 Å². The van der Waals surface area contributed by atoms with E-state index < -0.39 is 23.3 Å². The summed E-state index contributed by atoms with van der Waals surface area (Å²) < 4.78 is 50.3. The lowest BCUT2D eigenvalue weighted by atomic mass is 9.94. The second kappa shape index (κ2) is 11.8. The second-order valence-electron chi connectivity index (χ2n) is 13.5. The smallest absolute Gasteiger partial charge is 0.407 e. The van der Waals surface area contributed by atoms with Gasteiger partial charge in [-0.3, -0.25) is 9.88 Å². The van der Waals surface area contributed by atoms with Gasteiger partial charge in [0.2, 0.25) is 0 Å². The summed E-state index contributed by atoms with van der Waals surface area (Å²) in [5.74, 6) is -0.602. The highest BCUT2D eigenvalue weighted by Crippen LogP contribution is 2.40. The van der Waals surface area contributed by atoms with Crippen molar-refractivity contribution < 1.29 is 27.8 Å². The summed E-state index contributed by atoms with van der Waals surface area (Å²) in [6, 6.07) is 8.62. The Labute approximate surface area is 271 Å². The average molecular weight is 645 g/mol. The van der Waals surface area contributed by atoms with Gasteiger partial charge < -0.3 is 24.4 Å². The van der Waals surface area contributed by atoms with E-state index in [0.29, 0.717) is 60.4 Å². The Hall–Kier alpha value is -4.16. The van der Waals surface area contributed by atoms with E-state index in [2.05, 4.69) is 20.2 Å². The molecule has 0 unspecified atom stereocenters. The minimum absolute atomic E-state index is 0.0601. The molecule has 0 radical (unpaired) electrons. The number of alkyl carbamates (subject to hydrolysis) is 1. The third-order valence-corrected chi connectivity index (χ3v) is 10.2. The van der Waals surface area contributed by atoms with Crippen LogP contribution in [0.3, 0.4) is 0 Å². The predicted molar refractivity (Wildman–Crippen MR) is 173 cm³/mol. The van der Waals surface area contributed by atoms with E-state index in [-0.39, 0.29) is 42.4 Å². The van der Waals surface area contributed by atoms with Crippen LogP contribution in [-0.2, 0) is 15.9 Å². The molecule has 9 rings (SSSR count). The fraction of sp³-hybridized carbons (Fsp3) is 0.486. The van der Waals surface area contributed by atoms with Gasteiger partial charge in [-0.2, -0.15) is 9.97 Å². The number of carbonyl (C=O) groups is 1. The Bertz CT molecular complexity index is 1860. The first-order valence-electron chi connectivity index (χ1n) is 16.5. The molecule has 1 amide bonds. The van der Waals surface area contributed by atoms with E-state index in [1.54, 1.807) is 18.3 Å². The van der Waals surface area contributed by atoms with Gasteiger partial charge in [0.15, 0.2) is 5.82 Å². The number of hydrogen-bond donors (Lipinski definition) is 1. The Morgan fingerprint density at radius 2 is 1.89 bits per heavy atom. The molecule has 1 atom stereocenters. The molecule has 3 saturated heterocycles. The lowest BCUT2D eigenvalue weighted by Gasteiger charge is -2.34. The number of fused-ring (bicyclic) bond motifs is 7. The van der Waals surface area contributed by atoms with Gasteiger partial charge in [-0.25, -0.2) is 13.6 Å². The van der Waals surface area contributed by atoms with Gasteiger partial charge in [0, 0.05) is 24.8 Å². The van der Waals surface area contributed by atoms with Crippen molar-refractivity contribution >= 4 is 33.6 Å². The largest absolute Gasteiger partial charge is 0.461 e. The van der Waals surface area contributed by atoms with Crippen LogP contribution < -0.4 is 15.0 Å². The summed E-state index contributed by atoms with van der Waals surface area (Å²) in [5.41, 5.74) is 0.103. The molecule has 3 fully saturated rings. The summed E-state index contributed by atoms with van der Waals surface area (Å²) in [7, 11) is 0. The van der Waals surface area contributed by atoms with E-state index in [1.165, 1.54) is 6.07 Å². The van der Waals surface area contributed by atoms with Crippen molar-refractivity contribution in [1.29, 1.82) is 0 Å². The summed E-state index contributed by atoms with van der Waals surface area (Å²) in [5, 5.41) is 4.70. The van der Waals surface area contributed by atoms with Crippen LogP contribution in [0.15, 0.2) is 36.5 Å². The van der Waals surface area contributed by atoms with Gasteiger partial charge in [-0.1, -0.05) is 24.3 Å². The molecule has 246 valence electrons. The summed E-state index contributed by atoms with van der Waals surface area (Å²) >= 11 is 0. The number of nitrogens with one attached hydrogen (secondary N) is 1. The van der Waals surface area contributed by atoms with E-state index in [0.717, 1.165) is 44.2 Å². The van der Waals surface area contributed by atoms with E-state index >= 15 is 8.78 Å². The van der Waals surface area contributed by atoms with Crippen LogP contribution in [0.25, 0.3) is 32.9 Å². The predicted octanol–water partition coefficient (Wildman–Crippen LogP) is 5.40. The number of aromatic nitrogens is 3. The number of amides is 1. The van der Waals surface area contributed by atoms with Crippen LogP contribution >= 0.6 is 0 Å². The highest BCUT2D eigenvalue weighted by atomic mass is 19.1. The number of aryl methyl sites for hydroxylation is 1. The van der Waals surface area contributed by atoms with Gasteiger partial charge in [0.25, 0.3) is 0 Å². The number of halogens is 2. The number of carbonyl (C=O) groups excluding carboxylic acids is 1. The maximum atomic E-state index is 17.0. The minimum atomic E-state index is -0.854. The third-order valence-electron chi connectivity index (χ3n) is 10.2. The maximum Gasteiger partial charge on any atom is 0.407 e. The Balaban J connectivity index is 1.31. The lowest BCUT2D eigenvalue weighted by molar-refractivity contribution is 0.0870. The number of nitrogens with zero attached hydrogens (tertiary/aromatic N) is 5. The normalized spacial score (nSPS) is 23.0. The van der Waals surface area contributed by atoms with Crippen molar-refractivity contribution in [2.24, 2.45) is 0 Å². The molecule has 2 aromatic heterocycles. The molecular weight excluding hydrogens is 606 g/mol. The van der Waals surface area contributed by atoms with E-state index in [4.69, 9.17) is 19.2 Å². The summed E-state index contributed by atoms with van der Waals surface area (Å²) in [6.45, 7) is 5.81. The Morgan fingerprint density at radius 3 is 2.74 bits per heavy atom. The van der Waals surface area contributed by atoms with Gasteiger partial charge in [0.1, 0.15) is 29.5 Å². The number of hydrogen-bond acceptors (Lipinski definition) is 9. The quantitative estimate of drug-likeness (QED) is 0.314. The number of benzene rings is 2. The first-order chi connectivity index (χ1) is 22.8. The van der Waals surface area contributed by atoms with E-state index in [1.807, 2.05) is 24.0 Å². The molecule has 5 aliphatic rings. The fourth-order valence-electron chi connectivity index (χ4n) is 8.02. The molecule has 0 saturated carbocycles. The number of anilines is 1. The first kappa shape index (κ1) is 30.2. The van der Waals surface area contributed by atoms with Gasteiger partial charge in [-0.05, 0) is 80.9 Å². The Kier molecular flexibility index (Phi) is 7.59. The number of rotatable bonds is 3. The molecule has 10 nitrogen and oxygen atoms in total. The fourth-order valence-corrected chi connectivity index (χ4v) is 8.02. The Morgan fingerprint density at radius 1 is 1.04 bits per heavy atom. The monoisotopic (exact) mass is 644 g/mol. The SMILES string of the molecule is C[C@]12COCCN(C1)c1nc(OCC34CCCN3CCC4)nc3c(F)c(ncc13)-c1cccc3ccc(F)c(c13)CCCOC(=O)N2. The van der Waals surface area contributed by atoms with Crippen molar-refractivity contribution in [2.45, 2.75) is 56.5 Å². The highest BCUT2D eigenvalue weighted by Gasteiger charge is 2.45. The molecule has 0 spiro atoms. The lowest BCUT2D eigenvalue weighted by Crippen LogP contribution is -2.55. The molecule has 5 aliphatic heterocycles. The molecule has 47 heavy (non-hydrogen) atoms. The molecular formula is C35H38F2N6O4. The van der Waals surface area contributed by atoms with Crippen LogP contribution in [0, 0.1) is 11.6 Å². The van der Waals surface area contributed by atoms with Crippen LogP contribution in [0.5, 0.6) is 6.01 Å². The van der Waals surface area contributed by atoms with Gasteiger partial charge >= 0.3 is 12.1 Å². The molecule has 0 aliphatic carbocycles. The zero-order chi connectivity index (χ0) is 32.2. The van der Waals surface area contributed by atoms with Crippen molar-refractivity contribution in [1.82, 2.24) is 25.2 Å². The summed E-state index contributed by atoms with van der Waals surface area (Å²) in [4.78, 5) is 31.6. The molecule has 6 bridgehead atoms. The molecule has 1 N–H and O–H groups in total. The topological polar surface area (TPSA) is 102 Å². The number of pyridine rings is 1. The number of ether oxygens (including phenoxy) is 3. The van der Waals surface area contributed by atoms with Crippen LogP contribution in [-0.4, -0.2) is 89.6 Å². The molecule has 2 aromatic carbocycles. The van der Waals surface area contributed by atoms with Crippen LogP contribution in [0.4, 0.5) is 19.4 Å². The van der Waals surface area contributed by atoms with Crippen molar-refractivity contribution in [3.05, 3.63) is 53.7 Å². The third kappa shape index (κ3) is 5.41. The van der Waals surface area contributed by atoms with Crippen LogP contribution in [0.1, 0.15) is 44.6 Å². The van der Waals surface area contributed by atoms with Crippen molar-refractivity contribution in [2.75, 3.05) is 57.5 Å². The van der Waals surface area contributed by atoms with Gasteiger partial charge in [0.05, 0.1) is 36.3 Å². The standard InChI is InChI=1S/C35H38F2N6O4/c1-34-19-42(15-17-45-20-34)31-25-18-38-29(28(37)30(25)39-32(40-31)47-21-35-11-4-13-43(35)14-5-12-35)24-7-2-6-22-9-10-26(36)23(27(22)24)8-3-16-46-33(44)41-34/h2,6-7,9-10,18H,3-5,8,11-17,19-21H2,1H3,(H,41,44)/t34-/m1/s1. The molecule has 12 heteroatoms. The maximum absolute atomic E-state index is 17.0. The van der Waals surface area contributed by atoms with Crippen molar-refractivity contribution in [3.8, 4) is 17.3 Å². The van der Waals surface area contributed by atoms with Gasteiger partial charge in [-0.15, -0.1) is 0 Å². The zero-order valence-corrected chi connectivity index (χ0v) is 26.5. The summed E-state index contributed by atoms with van der Waals surface area (Å²) in [6.07, 6.45) is 5.96. The van der Waals surface area contributed by atoms with Crippen molar-refractivity contribution in [3.63, 3.8) is 0 Å². The average Bonchev–Trinajstić information content (AvgIpc) is 3.58. The second-order valence-corrected chi connectivity index (χ2v) is 13.5. The first-order valence-corrected chi connectivity index (χ1v) is 16.5.